The van der Waals surface area contributed by atoms with Crippen molar-refractivity contribution >= 4 is 11.8 Å². The Morgan fingerprint density at radius 1 is 1.18 bits per heavy atom. The third kappa shape index (κ3) is 3.41. The average Bonchev–Trinajstić information content (AvgIpc) is 2.03. The summed E-state index contributed by atoms with van der Waals surface area (Å²) in [6, 6.07) is 10.1. The van der Waals surface area contributed by atoms with E-state index in [1.807, 2.05) is 30.3 Å². The lowest BCUT2D eigenvalue weighted by atomic mass is 10.4. The maximum atomic E-state index is 5.40. The van der Waals surface area contributed by atoms with E-state index in [2.05, 4.69) is 0 Å². The molecule has 0 bridgehead atoms. The lowest BCUT2D eigenvalue weighted by Gasteiger charge is -2.03. The largest absolute Gasteiger partial charge is 0.315 e. The first-order valence-electron chi connectivity index (χ1n) is 3.48. The first kappa shape index (κ1) is 8.59. The molecule has 0 fully saturated rings. The molecule has 60 valence electrons. The second-order valence-electron chi connectivity index (χ2n) is 2.29. The summed E-state index contributed by atoms with van der Waals surface area (Å²) < 4.78 is 0. The van der Waals surface area contributed by atoms with Gasteiger partial charge in [-0.25, -0.2) is 0 Å². The Kier molecular flexibility index (Phi) is 3.42. The van der Waals surface area contributed by atoms with Gasteiger partial charge < -0.3 is 11.5 Å². The summed E-state index contributed by atoms with van der Waals surface area (Å²) >= 11 is 1.68. The topological polar surface area (TPSA) is 52.0 Å². The van der Waals surface area contributed by atoms with Crippen molar-refractivity contribution in [2.45, 2.75) is 11.1 Å². The van der Waals surface area contributed by atoms with Gasteiger partial charge in [-0.05, 0) is 12.1 Å². The molecular formula is C8H12N2S. The van der Waals surface area contributed by atoms with E-state index in [0.717, 1.165) is 5.75 Å². The number of benzene rings is 1. The van der Waals surface area contributed by atoms with Crippen molar-refractivity contribution in [2.75, 3.05) is 5.75 Å². The Morgan fingerprint density at radius 2 is 1.82 bits per heavy atom. The molecule has 0 amide bonds. The van der Waals surface area contributed by atoms with Gasteiger partial charge in [-0.15, -0.1) is 11.8 Å². The van der Waals surface area contributed by atoms with Gasteiger partial charge in [-0.2, -0.15) is 0 Å². The Balaban J connectivity index is 2.39. The highest BCUT2D eigenvalue weighted by atomic mass is 32.2. The van der Waals surface area contributed by atoms with E-state index in [1.165, 1.54) is 4.90 Å². The quantitative estimate of drug-likeness (QED) is 0.523. The fourth-order valence-electron chi connectivity index (χ4n) is 0.709. The molecule has 3 heteroatoms. The van der Waals surface area contributed by atoms with Crippen molar-refractivity contribution in [3.05, 3.63) is 30.3 Å². The summed E-state index contributed by atoms with van der Waals surface area (Å²) in [5, 5.41) is 0. The molecule has 0 atom stereocenters. The number of hydrogen-bond donors (Lipinski definition) is 2. The lowest BCUT2D eigenvalue weighted by Crippen LogP contribution is -2.32. The fraction of sp³-hybridized carbons (Fsp3) is 0.250. The van der Waals surface area contributed by atoms with Crippen LogP contribution in [0, 0.1) is 0 Å². The van der Waals surface area contributed by atoms with E-state index >= 15 is 0 Å². The molecular weight excluding hydrogens is 156 g/mol. The number of hydrogen-bond acceptors (Lipinski definition) is 3. The van der Waals surface area contributed by atoms with Crippen LogP contribution >= 0.6 is 11.8 Å². The van der Waals surface area contributed by atoms with Crippen LogP contribution in [0.1, 0.15) is 0 Å². The smallest absolute Gasteiger partial charge is 0.0617 e. The molecule has 0 aliphatic rings. The Labute approximate surface area is 71.0 Å². The van der Waals surface area contributed by atoms with Crippen LogP contribution < -0.4 is 11.5 Å². The molecule has 2 nitrogen and oxygen atoms in total. The van der Waals surface area contributed by atoms with Crippen molar-refractivity contribution in [3.8, 4) is 0 Å². The SMILES string of the molecule is NC(N)CSc1ccccc1. The van der Waals surface area contributed by atoms with Gasteiger partial charge in [0, 0.05) is 10.6 Å². The third-order valence-electron chi connectivity index (χ3n) is 1.19. The van der Waals surface area contributed by atoms with Crippen LogP contribution in [0.2, 0.25) is 0 Å². The number of rotatable bonds is 3. The van der Waals surface area contributed by atoms with Crippen LogP contribution in [0.3, 0.4) is 0 Å². The van der Waals surface area contributed by atoms with E-state index in [1.54, 1.807) is 11.8 Å². The number of nitrogens with two attached hydrogens (primary N) is 2. The second kappa shape index (κ2) is 4.38. The molecule has 0 heterocycles. The maximum Gasteiger partial charge on any atom is 0.0617 e. The van der Waals surface area contributed by atoms with Gasteiger partial charge in [0.25, 0.3) is 0 Å². The molecule has 0 aliphatic heterocycles. The van der Waals surface area contributed by atoms with E-state index < -0.39 is 0 Å². The Hall–Kier alpha value is -0.510. The monoisotopic (exact) mass is 168 g/mol. The summed E-state index contributed by atoms with van der Waals surface area (Å²) in [6.45, 7) is 0. The molecule has 4 N–H and O–H groups in total. The fourth-order valence-corrected chi connectivity index (χ4v) is 1.44. The zero-order valence-electron chi connectivity index (χ0n) is 6.23. The van der Waals surface area contributed by atoms with Gasteiger partial charge in [0.2, 0.25) is 0 Å². The van der Waals surface area contributed by atoms with Crippen LogP contribution in [0.5, 0.6) is 0 Å². The molecule has 0 aromatic heterocycles. The van der Waals surface area contributed by atoms with Gasteiger partial charge in [0.1, 0.15) is 0 Å². The lowest BCUT2D eigenvalue weighted by molar-refractivity contribution is 0.803. The van der Waals surface area contributed by atoms with Gasteiger partial charge in [0.05, 0.1) is 6.17 Å². The molecule has 1 aromatic carbocycles. The van der Waals surface area contributed by atoms with Gasteiger partial charge in [0.15, 0.2) is 0 Å². The third-order valence-corrected chi connectivity index (χ3v) is 2.34. The zero-order chi connectivity index (χ0) is 8.10. The molecule has 0 aliphatic carbocycles. The average molecular weight is 168 g/mol. The highest BCUT2D eigenvalue weighted by Gasteiger charge is 1.95. The maximum absolute atomic E-state index is 5.40. The van der Waals surface area contributed by atoms with Crippen molar-refractivity contribution in [3.63, 3.8) is 0 Å². The predicted molar refractivity (Wildman–Crippen MR) is 49.3 cm³/mol. The van der Waals surface area contributed by atoms with E-state index in [-0.39, 0.29) is 6.17 Å². The zero-order valence-corrected chi connectivity index (χ0v) is 7.05. The summed E-state index contributed by atoms with van der Waals surface area (Å²) in [5.41, 5.74) is 10.8. The highest BCUT2D eigenvalue weighted by Crippen LogP contribution is 2.16. The summed E-state index contributed by atoms with van der Waals surface area (Å²) in [4.78, 5) is 1.22. The standard InChI is InChI=1S/C8H12N2S/c9-8(10)6-11-7-4-2-1-3-5-7/h1-5,8H,6,9-10H2. The van der Waals surface area contributed by atoms with Crippen LogP contribution in [-0.2, 0) is 0 Å². The van der Waals surface area contributed by atoms with Crippen LogP contribution in [0.4, 0.5) is 0 Å². The first-order valence-corrected chi connectivity index (χ1v) is 4.46. The minimum absolute atomic E-state index is 0.222. The molecule has 1 aromatic rings. The van der Waals surface area contributed by atoms with Gasteiger partial charge in [-0.3, -0.25) is 0 Å². The van der Waals surface area contributed by atoms with Crippen molar-refractivity contribution < 1.29 is 0 Å². The minimum atomic E-state index is -0.222. The highest BCUT2D eigenvalue weighted by molar-refractivity contribution is 7.99. The molecule has 0 radical (unpaired) electrons. The van der Waals surface area contributed by atoms with Crippen LogP contribution in [0.15, 0.2) is 35.2 Å². The normalized spacial score (nSPS) is 10.5. The number of thioether (sulfide) groups is 1. The molecule has 11 heavy (non-hydrogen) atoms. The molecule has 0 spiro atoms. The van der Waals surface area contributed by atoms with Crippen molar-refractivity contribution in [1.82, 2.24) is 0 Å². The molecule has 1 rings (SSSR count). The molecule has 0 unspecified atom stereocenters. The summed E-state index contributed by atoms with van der Waals surface area (Å²) in [5.74, 6) is 0.768. The van der Waals surface area contributed by atoms with Crippen molar-refractivity contribution in [1.29, 1.82) is 0 Å². The molecule has 0 saturated heterocycles. The summed E-state index contributed by atoms with van der Waals surface area (Å²) in [7, 11) is 0. The minimum Gasteiger partial charge on any atom is -0.315 e. The molecule has 0 saturated carbocycles. The van der Waals surface area contributed by atoms with E-state index in [0.29, 0.717) is 0 Å². The predicted octanol–water partition coefficient (Wildman–Crippen LogP) is 1.02. The van der Waals surface area contributed by atoms with E-state index in [9.17, 15) is 0 Å². The Morgan fingerprint density at radius 3 is 2.36 bits per heavy atom. The second-order valence-corrected chi connectivity index (χ2v) is 3.38. The van der Waals surface area contributed by atoms with Gasteiger partial charge >= 0.3 is 0 Å². The van der Waals surface area contributed by atoms with Crippen LogP contribution in [0.25, 0.3) is 0 Å². The first-order chi connectivity index (χ1) is 5.29. The van der Waals surface area contributed by atoms with Gasteiger partial charge in [-0.1, -0.05) is 18.2 Å². The van der Waals surface area contributed by atoms with E-state index in [4.69, 9.17) is 11.5 Å². The van der Waals surface area contributed by atoms with Crippen LogP contribution in [-0.4, -0.2) is 11.9 Å². The van der Waals surface area contributed by atoms with Crippen molar-refractivity contribution in [2.24, 2.45) is 11.5 Å². The summed E-state index contributed by atoms with van der Waals surface area (Å²) in [6.07, 6.45) is -0.222. The Bertz CT molecular complexity index is 199.